The van der Waals surface area contributed by atoms with Crippen LogP contribution in [0.5, 0.6) is 0 Å². The molecule has 8 heteroatoms. The van der Waals surface area contributed by atoms with Gasteiger partial charge in [0.05, 0.1) is 6.10 Å². The van der Waals surface area contributed by atoms with Crippen LogP contribution in [0.2, 0.25) is 0 Å². The van der Waals surface area contributed by atoms with E-state index >= 15 is 0 Å². The van der Waals surface area contributed by atoms with Gasteiger partial charge in [0, 0.05) is 49.4 Å². The molecule has 0 bridgehead atoms. The summed E-state index contributed by atoms with van der Waals surface area (Å²) in [5.74, 6) is 2.19. The van der Waals surface area contributed by atoms with Crippen LogP contribution in [0.4, 0.5) is 0 Å². The van der Waals surface area contributed by atoms with Crippen LogP contribution in [0.3, 0.4) is 0 Å². The fraction of sp³-hybridized carbons (Fsp3) is 0.609. The molecule has 0 aromatic heterocycles. The molecule has 3 fully saturated rings. The number of piperidine rings is 1. The Morgan fingerprint density at radius 3 is 2.58 bits per heavy atom. The van der Waals surface area contributed by atoms with Gasteiger partial charge >= 0.3 is 0 Å². The van der Waals surface area contributed by atoms with Crippen LogP contribution in [-0.2, 0) is 19.6 Å². The quantitative estimate of drug-likeness (QED) is 0.620. The summed E-state index contributed by atoms with van der Waals surface area (Å²) >= 11 is 1.91. The van der Waals surface area contributed by atoms with E-state index in [1.807, 2.05) is 42.1 Å². The van der Waals surface area contributed by atoms with Gasteiger partial charge in [0.25, 0.3) is 0 Å². The van der Waals surface area contributed by atoms with Gasteiger partial charge in [-0.15, -0.1) is 0 Å². The lowest BCUT2D eigenvalue weighted by atomic mass is 9.95. The van der Waals surface area contributed by atoms with E-state index in [-0.39, 0.29) is 24.0 Å². The van der Waals surface area contributed by atoms with Crippen molar-refractivity contribution in [2.45, 2.75) is 44.2 Å². The Balaban J connectivity index is 1.36. The van der Waals surface area contributed by atoms with E-state index in [1.165, 1.54) is 9.71 Å². The second-order valence-corrected chi connectivity index (χ2v) is 11.5. The van der Waals surface area contributed by atoms with Gasteiger partial charge in [0.1, 0.15) is 0 Å². The highest BCUT2D eigenvalue weighted by atomic mass is 32.2. The molecule has 2 atom stereocenters. The zero-order valence-corrected chi connectivity index (χ0v) is 19.5. The highest BCUT2D eigenvalue weighted by molar-refractivity contribution is 7.99. The minimum atomic E-state index is -3.48. The van der Waals surface area contributed by atoms with Gasteiger partial charge in [-0.25, -0.2) is 8.42 Å². The Kier molecular flexibility index (Phi) is 7.74. The Morgan fingerprint density at radius 1 is 1.16 bits per heavy atom. The van der Waals surface area contributed by atoms with Crippen molar-refractivity contribution in [2.24, 2.45) is 5.92 Å². The van der Waals surface area contributed by atoms with Crippen LogP contribution < -0.4 is 0 Å². The number of nitrogens with zero attached hydrogens (tertiary/aromatic N) is 2. The molecule has 0 spiro atoms. The average molecular weight is 465 g/mol. The van der Waals surface area contributed by atoms with Crippen LogP contribution in [0.15, 0.2) is 35.7 Å². The van der Waals surface area contributed by atoms with E-state index in [9.17, 15) is 13.2 Å². The third kappa shape index (κ3) is 5.92. The Labute approximate surface area is 190 Å². The Hall–Kier alpha value is -1.35. The number of benzene rings is 1. The van der Waals surface area contributed by atoms with E-state index < -0.39 is 10.0 Å². The monoisotopic (exact) mass is 464 g/mol. The molecule has 0 N–H and O–H groups in total. The van der Waals surface area contributed by atoms with E-state index in [2.05, 4.69) is 4.90 Å². The molecular weight excluding hydrogens is 432 g/mol. The predicted molar refractivity (Wildman–Crippen MR) is 125 cm³/mol. The summed E-state index contributed by atoms with van der Waals surface area (Å²) in [6, 6.07) is 9.71. The maximum atomic E-state index is 13.4. The van der Waals surface area contributed by atoms with E-state index in [4.69, 9.17) is 4.74 Å². The third-order valence-corrected chi connectivity index (χ3v) is 9.16. The molecule has 2 unspecified atom stereocenters. The first-order chi connectivity index (χ1) is 15.0. The molecule has 1 aromatic rings. The molecule has 3 saturated heterocycles. The summed E-state index contributed by atoms with van der Waals surface area (Å²) in [6.45, 7) is 2.26. The van der Waals surface area contributed by atoms with Crippen molar-refractivity contribution in [3.05, 3.63) is 41.3 Å². The van der Waals surface area contributed by atoms with Crippen molar-refractivity contribution in [1.82, 2.24) is 9.21 Å². The smallest absolute Gasteiger partial charge is 0.236 e. The number of rotatable bonds is 7. The SMILES string of the molecule is O=C(C1CCN(S(=O)(=O)/C=C/c2ccccc2)CC1)N(CC1CCCO1)C1CCSC1. The second kappa shape index (κ2) is 10.5. The maximum absolute atomic E-state index is 13.4. The van der Waals surface area contributed by atoms with Crippen molar-refractivity contribution >= 4 is 33.8 Å². The summed E-state index contributed by atoms with van der Waals surface area (Å²) in [5, 5.41) is 1.28. The number of hydrogen-bond donors (Lipinski definition) is 0. The van der Waals surface area contributed by atoms with E-state index in [1.54, 1.807) is 6.08 Å². The fourth-order valence-corrected chi connectivity index (χ4v) is 7.05. The van der Waals surface area contributed by atoms with E-state index in [0.29, 0.717) is 32.5 Å². The van der Waals surface area contributed by atoms with Crippen LogP contribution in [0, 0.1) is 5.92 Å². The molecule has 3 aliphatic heterocycles. The standard InChI is InChI=1S/C23H32N2O4S2/c26-23(25(21-10-15-30-18-21)17-22-7-4-14-29-22)20-8-12-24(13-9-20)31(27,28)16-11-19-5-2-1-3-6-19/h1-3,5-6,11,16,20-22H,4,7-10,12-15,17-18H2/b16-11+. The Bertz CT molecular complexity index is 855. The van der Waals surface area contributed by atoms with Crippen LogP contribution >= 0.6 is 11.8 Å². The molecule has 0 radical (unpaired) electrons. The molecule has 3 heterocycles. The van der Waals surface area contributed by atoms with Crippen molar-refractivity contribution < 1.29 is 17.9 Å². The minimum absolute atomic E-state index is 0.100. The molecule has 0 aliphatic carbocycles. The molecule has 1 aromatic carbocycles. The van der Waals surface area contributed by atoms with Crippen molar-refractivity contribution in [2.75, 3.05) is 37.7 Å². The van der Waals surface area contributed by atoms with Crippen LogP contribution in [-0.4, -0.2) is 73.4 Å². The van der Waals surface area contributed by atoms with Crippen molar-refractivity contribution in [3.8, 4) is 0 Å². The summed E-state index contributed by atoms with van der Waals surface area (Å²) in [6.07, 6.45) is 6.08. The fourth-order valence-electron chi connectivity index (χ4n) is 4.60. The summed E-state index contributed by atoms with van der Waals surface area (Å²) in [4.78, 5) is 15.5. The average Bonchev–Trinajstić information content (AvgIpc) is 3.51. The minimum Gasteiger partial charge on any atom is -0.376 e. The lowest BCUT2D eigenvalue weighted by Gasteiger charge is -2.36. The zero-order chi connectivity index (χ0) is 21.7. The first kappa shape index (κ1) is 22.8. The van der Waals surface area contributed by atoms with Crippen molar-refractivity contribution in [1.29, 1.82) is 0 Å². The van der Waals surface area contributed by atoms with E-state index in [0.717, 1.165) is 42.9 Å². The van der Waals surface area contributed by atoms with Gasteiger partial charge in [-0.2, -0.15) is 16.1 Å². The van der Waals surface area contributed by atoms with Gasteiger partial charge in [0.2, 0.25) is 15.9 Å². The lowest BCUT2D eigenvalue weighted by molar-refractivity contribution is -0.140. The maximum Gasteiger partial charge on any atom is 0.236 e. The van der Waals surface area contributed by atoms with Gasteiger partial charge in [-0.1, -0.05) is 30.3 Å². The van der Waals surface area contributed by atoms with Crippen LogP contribution in [0.1, 0.15) is 37.7 Å². The topological polar surface area (TPSA) is 66.9 Å². The Morgan fingerprint density at radius 2 is 1.94 bits per heavy atom. The number of carbonyl (C=O) groups is 1. The first-order valence-electron chi connectivity index (χ1n) is 11.3. The summed E-state index contributed by atoms with van der Waals surface area (Å²) in [5.41, 5.74) is 0.857. The molecular formula is C23H32N2O4S2. The number of sulfonamides is 1. The largest absolute Gasteiger partial charge is 0.376 e. The summed E-state index contributed by atoms with van der Waals surface area (Å²) < 4.78 is 32.8. The molecule has 170 valence electrons. The number of hydrogen-bond acceptors (Lipinski definition) is 5. The molecule has 3 aliphatic rings. The van der Waals surface area contributed by atoms with Crippen molar-refractivity contribution in [3.63, 3.8) is 0 Å². The zero-order valence-electron chi connectivity index (χ0n) is 17.9. The molecule has 31 heavy (non-hydrogen) atoms. The second-order valence-electron chi connectivity index (χ2n) is 8.57. The van der Waals surface area contributed by atoms with Gasteiger partial charge in [-0.3, -0.25) is 4.79 Å². The van der Waals surface area contributed by atoms with Gasteiger partial charge in [0.15, 0.2) is 0 Å². The predicted octanol–water partition coefficient (Wildman–Crippen LogP) is 3.21. The molecule has 0 saturated carbocycles. The normalized spacial score (nSPS) is 25.9. The molecule has 6 nitrogen and oxygen atoms in total. The lowest BCUT2D eigenvalue weighted by Crippen LogP contribution is -2.49. The van der Waals surface area contributed by atoms with Gasteiger partial charge < -0.3 is 9.64 Å². The number of thioether (sulfide) groups is 1. The molecule has 4 rings (SSSR count). The first-order valence-corrected chi connectivity index (χ1v) is 13.9. The highest BCUT2D eigenvalue weighted by Crippen LogP contribution is 2.29. The highest BCUT2D eigenvalue weighted by Gasteiger charge is 2.37. The van der Waals surface area contributed by atoms with Crippen LogP contribution in [0.25, 0.3) is 6.08 Å². The summed E-state index contributed by atoms with van der Waals surface area (Å²) in [7, 11) is -3.48. The number of ether oxygens (including phenoxy) is 1. The van der Waals surface area contributed by atoms with Gasteiger partial charge in [-0.05, 0) is 49.5 Å². The third-order valence-electron chi connectivity index (χ3n) is 6.45. The number of amides is 1. The number of carbonyl (C=O) groups excluding carboxylic acids is 1. The molecule has 1 amide bonds.